The number of nitro benzene ring substituents is 1. The van der Waals surface area contributed by atoms with Gasteiger partial charge in [0.15, 0.2) is 5.17 Å². The van der Waals surface area contributed by atoms with Gasteiger partial charge >= 0.3 is 0 Å². The molecule has 1 N–H and O–H groups in total. The molecular weight excluding hydrogens is 226 g/mol. The van der Waals surface area contributed by atoms with Gasteiger partial charge in [-0.3, -0.25) is 15.1 Å². The third-order valence-electron chi connectivity index (χ3n) is 1.94. The van der Waals surface area contributed by atoms with Crippen molar-refractivity contribution in [3.63, 3.8) is 0 Å². The molecule has 0 fully saturated rings. The maximum absolute atomic E-state index is 10.4. The molecule has 1 rings (SSSR count). The van der Waals surface area contributed by atoms with Gasteiger partial charge in [-0.2, -0.15) is 0 Å². The predicted octanol–water partition coefficient (Wildman–Crippen LogP) is 2.03. The molecule has 0 aromatic heterocycles. The standard InChI is InChI=1S/C10H13N3O2S/c1-11-10(12-2)16-7-8-3-5-9(6-4-8)13(14)15/h3-6H,7H2,1-2H3,(H,11,12). The van der Waals surface area contributed by atoms with Crippen molar-refractivity contribution in [2.75, 3.05) is 14.1 Å². The van der Waals surface area contributed by atoms with Crippen LogP contribution in [0.5, 0.6) is 0 Å². The molecule has 16 heavy (non-hydrogen) atoms. The van der Waals surface area contributed by atoms with Gasteiger partial charge in [0.2, 0.25) is 0 Å². The Bertz CT molecular complexity index is 390. The second-order valence-electron chi connectivity index (χ2n) is 2.99. The summed E-state index contributed by atoms with van der Waals surface area (Å²) in [4.78, 5) is 14.1. The monoisotopic (exact) mass is 239 g/mol. The van der Waals surface area contributed by atoms with E-state index in [1.54, 1.807) is 30.9 Å². The Hall–Kier alpha value is -1.56. The van der Waals surface area contributed by atoms with Gasteiger partial charge in [-0.1, -0.05) is 23.9 Å². The minimum absolute atomic E-state index is 0.117. The van der Waals surface area contributed by atoms with Crippen LogP contribution in [0, 0.1) is 10.1 Å². The summed E-state index contributed by atoms with van der Waals surface area (Å²) < 4.78 is 0. The molecule has 0 amide bonds. The number of thioether (sulfide) groups is 1. The molecule has 0 saturated carbocycles. The summed E-state index contributed by atoms with van der Waals surface area (Å²) in [5.74, 6) is 0.742. The first-order valence-corrected chi connectivity index (χ1v) is 5.66. The lowest BCUT2D eigenvalue weighted by Gasteiger charge is -2.03. The van der Waals surface area contributed by atoms with Gasteiger partial charge in [0.25, 0.3) is 5.69 Å². The molecule has 0 unspecified atom stereocenters. The largest absolute Gasteiger partial charge is 0.368 e. The summed E-state index contributed by atoms with van der Waals surface area (Å²) in [6.45, 7) is 0. The van der Waals surface area contributed by atoms with Gasteiger partial charge in [-0.05, 0) is 5.56 Å². The van der Waals surface area contributed by atoms with E-state index in [9.17, 15) is 10.1 Å². The van der Waals surface area contributed by atoms with E-state index in [0.29, 0.717) is 0 Å². The summed E-state index contributed by atoms with van der Waals surface area (Å²) >= 11 is 1.56. The molecule has 0 aliphatic rings. The van der Waals surface area contributed by atoms with Gasteiger partial charge < -0.3 is 5.32 Å². The zero-order chi connectivity index (χ0) is 12.0. The van der Waals surface area contributed by atoms with Crippen LogP contribution in [-0.2, 0) is 5.75 Å². The molecule has 0 atom stereocenters. The van der Waals surface area contributed by atoms with Crippen molar-refractivity contribution in [1.82, 2.24) is 5.32 Å². The predicted molar refractivity (Wildman–Crippen MR) is 66.8 cm³/mol. The van der Waals surface area contributed by atoms with Crippen LogP contribution in [0.25, 0.3) is 0 Å². The fraction of sp³-hybridized carbons (Fsp3) is 0.300. The molecule has 0 aliphatic heterocycles. The van der Waals surface area contributed by atoms with Crippen LogP contribution in [-0.4, -0.2) is 24.2 Å². The Morgan fingerprint density at radius 3 is 2.56 bits per heavy atom. The number of amidine groups is 1. The molecule has 0 spiro atoms. The SMILES string of the molecule is CN=C(NC)SCc1ccc([N+](=O)[O-])cc1. The Morgan fingerprint density at radius 1 is 1.50 bits per heavy atom. The number of non-ortho nitro benzene ring substituents is 1. The van der Waals surface area contributed by atoms with Crippen LogP contribution in [0.2, 0.25) is 0 Å². The van der Waals surface area contributed by atoms with Crippen molar-refractivity contribution in [1.29, 1.82) is 0 Å². The maximum atomic E-state index is 10.4. The minimum atomic E-state index is -0.399. The average molecular weight is 239 g/mol. The van der Waals surface area contributed by atoms with Crippen LogP contribution in [0.3, 0.4) is 0 Å². The Kier molecular flexibility index (Phi) is 4.78. The second kappa shape index (κ2) is 6.12. The zero-order valence-corrected chi connectivity index (χ0v) is 9.95. The smallest absolute Gasteiger partial charge is 0.269 e. The zero-order valence-electron chi connectivity index (χ0n) is 9.14. The summed E-state index contributed by atoms with van der Waals surface area (Å²) in [7, 11) is 3.53. The summed E-state index contributed by atoms with van der Waals surface area (Å²) in [6, 6.07) is 6.54. The normalized spacial score (nSPS) is 11.2. The first-order valence-electron chi connectivity index (χ1n) is 4.68. The molecule has 1 aromatic carbocycles. The maximum Gasteiger partial charge on any atom is 0.269 e. The highest BCUT2D eigenvalue weighted by Crippen LogP contribution is 2.16. The minimum Gasteiger partial charge on any atom is -0.368 e. The van der Waals surface area contributed by atoms with E-state index in [-0.39, 0.29) is 5.69 Å². The van der Waals surface area contributed by atoms with Crippen LogP contribution < -0.4 is 5.32 Å². The first kappa shape index (κ1) is 12.5. The molecule has 0 aliphatic carbocycles. The van der Waals surface area contributed by atoms with Gasteiger partial charge in [-0.15, -0.1) is 0 Å². The second-order valence-corrected chi connectivity index (χ2v) is 3.96. The molecule has 0 radical (unpaired) electrons. The summed E-state index contributed by atoms with van der Waals surface area (Å²) in [5, 5.41) is 14.2. The topological polar surface area (TPSA) is 67.5 Å². The molecule has 0 saturated heterocycles. The Morgan fingerprint density at radius 2 is 2.12 bits per heavy atom. The average Bonchev–Trinajstić information content (AvgIpc) is 2.31. The van der Waals surface area contributed by atoms with Crippen molar-refractivity contribution >= 4 is 22.6 Å². The summed E-state index contributed by atoms with van der Waals surface area (Å²) in [5.41, 5.74) is 1.15. The molecule has 1 aromatic rings. The fourth-order valence-corrected chi connectivity index (χ4v) is 1.88. The Labute approximate surface area is 98.1 Å². The molecule has 5 nitrogen and oxygen atoms in total. The number of nitrogens with zero attached hydrogens (tertiary/aromatic N) is 2. The molecule has 0 bridgehead atoms. The molecule has 86 valence electrons. The number of hydrogen-bond acceptors (Lipinski definition) is 4. The van der Waals surface area contributed by atoms with E-state index < -0.39 is 4.92 Å². The molecule has 0 heterocycles. The summed E-state index contributed by atoms with van der Waals surface area (Å²) in [6.07, 6.45) is 0. The molecule has 6 heteroatoms. The lowest BCUT2D eigenvalue weighted by molar-refractivity contribution is -0.384. The highest BCUT2D eigenvalue weighted by molar-refractivity contribution is 8.13. The molecular formula is C10H13N3O2S. The van der Waals surface area contributed by atoms with Crippen LogP contribution in [0.4, 0.5) is 5.69 Å². The number of nitrogens with one attached hydrogen (secondary N) is 1. The fourth-order valence-electron chi connectivity index (χ4n) is 1.11. The van der Waals surface area contributed by atoms with Crippen molar-refractivity contribution in [3.8, 4) is 0 Å². The Balaban J connectivity index is 2.59. The first-order chi connectivity index (χ1) is 7.67. The highest BCUT2D eigenvalue weighted by Gasteiger charge is 2.04. The van der Waals surface area contributed by atoms with Crippen LogP contribution in [0.15, 0.2) is 29.3 Å². The number of aliphatic imine (C=N–C) groups is 1. The third-order valence-corrected chi connectivity index (χ3v) is 3.08. The van der Waals surface area contributed by atoms with E-state index in [4.69, 9.17) is 0 Å². The van der Waals surface area contributed by atoms with Gasteiger partial charge in [0, 0.05) is 32.0 Å². The van der Waals surface area contributed by atoms with E-state index in [2.05, 4.69) is 10.3 Å². The van der Waals surface area contributed by atoms with Gasteiger partial charge in [0.05, 0.1) is 4.92 Å². The van der Waals surface area contributed by atoms with Crippen molar-refractivity contribution in [2.45, 2.75) is 5.75 Å². The highest BCUT2D eigenvalue weighted by atomic mass is 32.2. The van der Waals surface area contributed by atoms with E-state index in [1.807, 2.05) is 7.05 Å². The van der Waals surface area contributed by atoms with Crippen molar-refractivity contribution < 1.29 is 4.92 Å². The number of benzene rings is 1. The number of nitro groups is 1. The van der Waals surface area contributed by atoms with Gasteiger partial charge in [-0.25, -0.2) is 0 Å². The quantitative estimate of drug-likeness (QED) is 0.379. The lowest BCUT2D eigenvalue weighted by Crippen LogP contribution is -2.13. The van der Waals surface area contributed by atoms with E-state index >= 15 is 0 Å². The number of hydrogen-bond donors (Lipinski definition) is 1. The number of rotatable bonds is 3. The van der Waals surface area contributed by atoms with Crippen LogP contribution >= 0.6 is 11.8 Å². The third kappa shape index (κ3) is 3.54. The van der Waals surface area contributed by atoms with Crippen molar-refractivity contribution in [3.05, 3.63) is 39.9 Å². The van der Waals surface area contributed by atoms with Crippen LogP contribution in [0.1, 0.15) is 5.56 Å². The lowest BCUT2D eigenvalue weighted by atomic mass is 10.2. The van der Waals surface area contributed by atoms with E-state index in [1.165, 1.54) is 12.1 Å². The van der Waals surface area contributed by atoms with E-state index in [0.717, 1.165) is 16.5 Å². The van der Waals surface area contributed by atoms with Gasteiger partial charge in [0.1, 0.15) is 0 Å². The van der Waals surface area contributed by atoms with Crippen molar-refractivity contribution in [2.24, 2.45) is 4.99 Å².